The molecule has 0 spiro atoms. The number of phenolic OH excluding ortho intramolecular Hbond substituents is 1. The number of hydrogen-bond acceptors (Lipinski definition) is 10. The van der Waals surface area contributed by atoms with Crippen LogP contribution < -0.4 is 38.9 Å². The summed E-state index contributed by atoms with van der Waals surface area (Å²) in [6.45, 7) is 2.16. The maximum Gasteiger partial charge on any atom is 0.243 e. The lowest BCUT2D eigenvalue weighted by molar-refractivity contribution is -0.132. The number of unbranched alkanes of at least 4 members (excludes halogenated alkanes) is 1. The number of amides is 3. The summed E-state index contributed by atoms with van der Waals surface area (Å²) < 4.78 is 0.836. The highest BCUT2D eigenvalue weighted by Gasteiger charge is 2.29. The fourth-order valence-corrected chi connectivity index (χ4v) is 5.55. The molecule has 3 aromatic rings. The number of ketones is 1. The Hall–Kier alpha value is -4.60. The number of thiazole rings is 1. The Morgan fingerprint density at radius 3 is 2.24 bits per heavy atom. The number of aromatic hydroxyl groups is 1. The molecule has 0 bridgehead atoms. The van der Waals surface area contributed by atoms with Crippen LogP contribution in [-0.2, 0) is 20.8 Å². The molecule has 0 unspecified atom stereocenters. The molecule has 2 aromatic carbocycles. The molecular weight excluding hydrogens is 610 g/mol. The smallest absolute Gasteiger partial charge is 0.243 e. The number of carbonyl (C=O) groups excluding carboxylic acids is 4. The first-order valence-corrected chi connectivity index (χ1v) is 15.9. The third-order valence-electron chi connectivity index (χ3n) is 7.14. The van der Waals surface area contributed by atoms with Gasteiger partial charge in [0.1, 0.15) is 17.8 Å². The number of nitrogens with two attached hydrogens (primary N) is 4. The average molecular weight is 654 g/mol. The van der Waals surface area contributed by atoms with Crippen LogP contribution in [-0.4, -0.2) is 76.8 Å². The Morgan fingerprint density at radius 1 is 0.891 bits per heavy atom. The van der Waals surface area contributed by atoms with Gasteiger partial charge in [-0.3, -0.25) is 24.2 Å². The van der Waals surface area contributed by atoms with Gasteiger partial charge in [-0.1, -0.05) is 24.3 Å². The molecule has 15 heteroatoms. The minimum atomic E-state index is -1.05. The van der Waals surface area contributed by atoms with Crippen LogP contribution in [0.3, 0.4) is 0 Å². The molecular formula is C31H43N9O5S. The highest BCUT2D eigenvalue weighted by atomic mass is 32.1. The quantitative estimate of drug-likeness (QED) is 0.0406. The number of nitrogens with zero attached hydrogens (tertiary/aromatic N) is 2. The maximum absolute atomic E-state index is 13.5. The van der Waals surface area contributed by atoms with E-state index in [2.05, 4.69) is 25.9 Å². The molecule has 1 aromatic heterocycles. The van der Waals surface area contributed by atoms with E-state index in [0.29, 0.717) is 31.3 Å². The van der Waals surface area contributed by atoms with Gasteiger partial charge < -0.3 is 44.0 Å². The lowest BCUT2D eigenvalue weighted by Crippen LogP contribution is -2.56. The molecule has 0 aliphatic carbocycles. The summed E-state index contributed by atoms with van der Waals surface area (Å²) in [6, 6.07) is 9.72. The Balaban J connectivity index is 1.67. The summed E-state index contributed by atoms with van der Waals surface area (Å²) in [5.74, 6) is -2.07. The highest BCUT2D eigenvalue weighted by Crippen LogP contribution is 2.23. The third-order valence-corrected chi connectivity index (χ3v) is 8.19. The Bertz CT molecular complexity index is 1470. The van der Waals surface area contributed by atoms with E-state index in [1.54, 1.807) is 18.2 Å². The van der Waals surface area contributed by atoms with Crippen molar-refractivity contribution in [3.63, 3.8) is 0 Å². The SMILES string of the molecule is C[C@H](NC(=O)[C@H](CCCCN)NC(=O)[C@@H](N)Cc1ccc(O)cc1)C(=O)N[C@@H](CCCN=C(N)N)C(=O)c1nc2ccccc2s1. The van der Waals surface area contributed by atoms with Gasteiger partial charge in [-0.2, -0.15) is 0 Å². The number of hydrogen-bond donors (Lipinski definition) is 8. The van der Waals surface area contributed by atoms with Crippen molar-refractivity contribution in [1.82, 2.24) is 20.9 Å². The topological polar surface area (TPSA) is 254 Å². The fourth-order valence-electron chi connectivity index (χ4n) is 4.59. The van der Waals surface area contributed by atoms with E-state index in [-0.39, 0.29) is 48.3 Å². The molecule has 0 aliphatic heterocycles. The number of Topliss-reactive ketones (excluding diaryl/α,β-unsaturated/α-hetero) is 1. The molecule has 4 atom stereocenters. The Labute approximate surface area is 271 Å². The van der Waals surface area contributed by atoms with Crippen LogP contribution in [0, 0.1) is 0 Å². The van der Waals surface area contributed by atoms with Crippen LogP contribution in [0.4, 0.5) is 0 Å². The first kappa shape index (κ1) is 35.9. The van der Waals surface area contributed by atoms with Gasteiger partial charge in [0.05, 0.1) is 22.3 Å². The number of benzene rings is 2. The van der Waals surface area contributed by atoms with Crippen LogP contribution in [0.5, 0.6) is 5.75 Å². The molecule has 12 N–H and O–H groups in total. The maximum atomic E-state index is 13.5. The summed E-state index contributed by atoms with van der Waals surface area (Å²) >= 11 is 1.23. The first-order valence-electron chi connectivity index (χ1n) is 15.1. The number of nitrogens with one attached hydrogen (secondary N) is 3. The predicted octanol–water partition coefficient (Wildman–Crippen LogP) is 0.412. The van der Waals surface area contributed by atoms with Crippen molar-refractivity contribution in [3.05, 3.63) is 59.1 Å². The second-order valence-electron chi connectivity index (χ2n) is 10.9. The van der Waals surface area contributed by atoms with Gasteiger partial charge in [-0.15, -0.1) is 11.3 Å². The van der Waals surface area contributed by atoms with Crippen molar-refractivity contribution in [3.8, 4) is 5.75 Å². The standard InChI is InChI=1S/C31H43N9O5S/c1-18(37-29(45)24(8-4-5-15-32)39-28(44)21(33)17-19-11-13-20(41)14-12-19)27(43)38-23(9-6-16-36-31(34)35)26(42)30-40-22-7-2-3-10-25(22)46-30/h2-3,7,10-14,18,21,23-24,41H,4-6,8-9,15-17,32-33H2,1H3,(H,37,45)(H,38,43)(H,39,44)(H4,34,35,36)/t18-,21-,23-,24-/m0/s1. The van der Waals surface area contributed by atoms with Gasteiger partial charge in [0, 0.05) is 6.54 Å². The number of guanidine groups is 1. The number of aromatic nitrogens is 1. The van der Waals surface area contributed by atoms with Crippen LogP contribution in [0.1, 0.15) is 54.4 Å². The van der Waals surface area contributed by atoms with Crippen LogP contribution in [0.2, 0.25) is 0 Å². The highest BCUT2D eigenvalue weighted by molar-refractivity contribution is 7.20. The van der Waals surface area contributed by atoms with E-state index in [4.69, 9.17) is 22.9 Å². The second kappa shape index (κ2) is 17.8. The Morgan fingerprint density at radius 2 is 1.57 bits per heavy atom. The van der Waals surface area contributed by atoms with Crippen molar-refractivity contribution < 1.29 is 24.3 Å². The van der Waals surface area contributed by atoms with Crippen LogP contribution in [0.25, 0.3) is 10.2 Å². The van der Waals surface area contributed by atoms with E-state index in [9.17, 15) is 24.3 Å². The number of rotatable bonds is 18. The number of para-hydroxylation sites is 1. The molecule has 3 rings (SSSR count). The number of carbonyl (C=O) groups is 4. The summed E-state index contributed by atoms with van der Waals surface area (Å²) in [5, 5.41) is 17.8. The van der Waals surface area contributed by atoms with Crippen molar-refractivity contribution >= 4 is 51.0 Å². The second-order valence-corrected chi connectivity index (χ2v) is 11.9. The lowest BCUT2D eigenvalue weighted by atomic mass is 10.0. The van der Waals surface area contributed by atoms with Crippen molar-refractivity contribution in [2.24, 2.45) is 27.9 Å². The summed E-state index contributed by atoms with van der Waals surface area (Å²) in [7, 11) is 0. The third kappa shape index (κ3) is 11.1. The zero-order chi connectivity index (χ0) is 33.6. The van der Waals surface area contributed by atoms with E-state index >= 15 is 0 Å². The van der Waals surface area contributed by atoms with Crippen molar-refractivity contribution in [2.75, 3.05) is 13.1 Å². The zero-order valence-corrected chi connectivity index (χ0v) is 26.6. The zero-order valence-electron chi connectivity index (χ0n) is 25.8. The monoisotopic (exact) mass is 653 g/mol. The largest absolute Gasteiger partial charge is 0.508 e. The summed E-state index contributed by atoms with van der Waals surface area (Å²) in [6.07, 6.45) is 2.28. The number of fused-ring (bicyclic) bond motifs is 1. The fraction of sp³-hybridized carbons (Fsp3) is 0.419. The van der Waals surface area contributed by atoms with Gasteiger partial charge in [0.2, 0.25) is 23.5 Å². The predicted molar refractivity (Wildman–Crippen MR) is 178 cm³/mol. The first-order chi connectivity index (χ1) is 22.0. The molecule has 1 heterocycles. The minimum absolute atomic E-state index is 0.0798. The van der Waals surface area contributed by atoms with E-state index in [1.165, 1.54) is 30.4 Å². The average Bonchev–Trinajstić information content (AvgIpc) is 3.47. The molecule has 0 fully saturated rings. The molecule has 3 amide bonds. The van der Waals surface area contributed by atoms with Gasteiger partial charge in [-0.25, -0.2) is 4.98 Å². The Kier molecular flexibility index (Phi) is 13.9. The molecule has 0 radical (unpaired) electrons. The number of aliphatic imine (C=N–C) groups is 1. The number of phenols is 1. The van der Waals surface area contributed by atoms with Crippen molar-refractivity contribution in [2.45, 2.75) is 69.6 Å². The normalized spacial score (nSPS) is 13.6. The van der Waals surface area contributed by atoms with Crippen LogP contribution in [0.15, 0.2) is 53.5 Å². The van der Waals surface area contributed by atoms with Gasteiger partial charge >= 0.3 is 0 Å². The molecule has 46 heavy (non-hydrogen) atoms. The van der Waals surface area contributed by atoms with Gasteiger partial charge in [0.25, 0.3) is 0 Å². The van der Waals surface area contributed by atoms with Gasteiger partial charge in [-0.05, 0) is 81.8 Å². The van der Waals surface area contributed by atoms with E-state index in [1.807, 2.05) is 18.2 Å². The minimum Gasteiger partial charge on any atom is -0.508 e. The van der Waals surface area contributed by atoms with E-state index in [0.717, 1.165) is 10.3 Å². The molecule has 0 saturated carbocycles. The molecule has 14 nitrogen and oxygen atoms in total. The van der Waals surface area contributed by atoms with Crippen molar-refractivity contribution in [1.29, 1.82) is 0 Å². The molecule has 248 valence electrons. The molecule has 0 saturated heterocycles. The van der Waals surface area contributed by atoms with Gasteiger partial charge in [0.15, 0.2) is 11.0 Å². The lowest BCUT2D eigenvalue weighted by Gasteiger charge is -2.24. The molecule has 0 aliphatic rings. The van der Waals surface area contributed by atoms with Crippen LogP contribution >= 0.6 is 11.3 Å². The summed E-state index contributed by atoms with van der Waals surface area (Å²) in [4.78, 5) is 61.4. The van der Waals surface area contributed by atoms with E-state index < -0.39 is 41.9 Å². The summed E-state index contributed by atoms with van der Waals surface area (Å²) in [5.41, 5.74) is 24.0.